The van der Waals surface area contributed by atoms with Gasteiger partial charge in [0, 0.05) is 24.7 Å². The van der Waals surface area contributed by atoms with Crippen LogP contribution in [0.4, 0.5) is 0 Å². The standard InChI is InChI=1S/C10H16O2S.C8H12OS.2CH4/c1-13-6-8-7-2-3-10(9(7)8)11-4-5-12-10;1-10-4-6-5-2-3-7(9)8(5)6;;/h7-9H,2-6H2,1H3;5-6,8H,2-4H2,1H3;2*1H4/t7-,8+,9-;5-,6+,8-;;/m00../s1. The van der Waals surface area contributed by atoms with E-state index in [1.54, 1.807) is 0 Å². The second-order valence-electron chi connectivity index (χ2n) is 7.67. The van der Waals surface area contributed by atoms with Crippen molar-refractivity contribution in [3.8, 4) is 0 Å². The van der Waals surface area contributed by atoms with Crippen LogP contribution in [0.25, 0.3) is 0 Å². The van der Waals surface area contributed by atoms with E-state index in [-0.39, 0.29) is 20.6 Å². The minimum absolute atomic E-state index is 0. The molecule has 1 heterocycles. The number of hydrogen-bond donors (Lipinski definition) is 0. The van der Waals surface area contributed by atoms with E-state index in [1.807, 2.05) is 23.5 Å². The van der Waals surface area contributed by atoms with Crippen molar-refractivity contribution >= 4 is 29.3 Å². The van der Waals surface area contributed by atoms with Crippen molar-refractivity contribution in [2.45, 2.75) is 46.3 Å². The molecule has 6 atom stereocenters. The van der Waals surface area contributed by atoms with E-state index in [4.69, 9.17) is 9.47 Å². The Morgan fingerprint density at radius 3 is 2.20 bits per heavy atom. The Morgan fingerprint density at radius 2 is 1.64 bits per heavy atom. The quantitative estimate of drug-likeness (QED) is 0.703. The SMILES string of the molecule is C.C.CSC[C@@H]1[C@@H]2CCC(=O)[C@H]12.CSC[C@@H]1[C@@H]2CCC3(OCCO3)[C@H]12. The summed E-state index contributed by atoms with van der Waals surface area (Å²) in [5.74, 6) is 7.57. The fraction of sp³-hybridized carbons (Fsp3) is 0.950. The summed E-state index contributed by atoms with van der Waals surface area (Å²) in [5.41, 5.74) is 0. The lowest BCUT2D eigenvalue weighted by molar-refractivity contribution is -0.170. The zero-order valence-electron chi connectivity index (χ0n) is 14.2. The first kappa shape index (κ1) is 21.6. The molecular formula is C20H36O3S2. The minimum Gasteiger partial charge on any atom is -0.347 e. The number of Topliss-reactive ketones (excluding diaryl/α,β-unsaturated/α-hetero) is 1. The van der Waals surface area contributed by atoms with Gasteiger partial charge in [0.1, 0.15) is 5.78 Å². The molecule has 0 amide bonds. The van der Waals surface area contributed by atoms with Crippen molar-refractivity contribution in [2.75, 3.05) is 37.2 Å². The molecule has 5 heteroatoms. The molecule has 4 saturated carbocycles. The number of thioether (sulfide) groups is 2. The van der Waals surface area contributed by atoms with Crippen LogP contribution in [-0.4, -0.2) is 48.8 Å². The van der Waals surface area contributed by atoms with Gasteiger partial charge in [0.05, 0.1) is 13.2 Å². The predicted octanol–water partition coefficient (Wildman–Crippen LogP) is 4.60. The Kier molecular flexibility index (Phi) is 7.37. The molecule has 0 bridgehead atoms. The Bertz CT molecular complexity index is 458. The molecule has 1 saturated heterocycles. The average Bonchev–Trinajstić information content (AvgIpc) is 3.17. The van der Waals surface area contributed by atoms with Gasteiger partial charge in [-0.15, -0.1) is 0 Å². The van der Waals surface area contributed by atoms with Crippen LogP contribution in [0, 0.1) is 35.5 Å². The number of rotatable bonds is 4. The van der Waals surface area contributed by atoms with Gasteiger partial charge in [-0.25, -0.2) is 0 Å². The Balaban J connectivity index is 0.000000172. The van der Waals surface area contributed by atoms with E-state index in [9.17, 15) is 4.79 Å². The lowest BCUT2D eigenvalue weighted by Gasteiger charge is -2.24. The molecule has 0 radical (unpaired) electrons. The topological polar surface area (TPSA) is 35.5 Å². The van der Waals surface area contributed by atoms with Crippen LogP contribution >= 0.6 is 23.5 Å². The molecule has 3 nitrogen and oxygen atoms in total. The summed E-state index contributed by atoms with van der Waals surface area (Å²) < 4.78 is 11.6. The molecule has 0 aromatic heterocycles. The summed E-state index contributed by atoms with van der Waals surface area (Å²) in [6.45, 7) is 1.63. The molecule has 146 valence electrons. The maximum Gasteiger partial charge on any atom is 0.171 e. The summed E-state index contributed by atoms with van der Waals surface area (Å²) in [7, 11) is 0. The van der Waals surface area contributed by atoms with E-state index in [0.717, 1.165) is 55.6 Å². The smallest absolute Gasteiger partial charge is 0.171 e. The summed E-state index contributed by atoms with van der Waals surface area (Å²) in [6, 6.07) is 0. The molecule has 5 aliphatic rings. The molecule has 5 fully saturated rings. The van der Waals surface area contributed by atoms with Crippen LogP contribution in [-0.2, 0) is 14.3 Å². The number of hydrogen-bond acceptors (Lipinski definition) is 5. The second kappa shape index (κ2) is 8.53. The molecule has 0 aromatic carbocycles. The summed E-state index contributed by atoms with van der Waals surface area (Å²) >= 11 is 3.84. The van der Waals surface area contributed by atoms with Crippen LogP contribution in [0.15, 0.2) is 0 Å². The number of ether oxygens (including phenoxy) is 2. The molecule has 5 rings (SSSR count). The van der Waals surface area contributed by atoms with Gasteiger partial charge in [-0.2, -0.15) is 23.5 Å². The second-order valence-corrected chi connectivity index (χ2v) is 9.49. The number of carbonyl (C=O) groups excluding carboxylic acids is 1. The molecular weight excluding hydrogens is 352 g/mol. The highest BCUT2D eigenvalue weighted by Gasteiger charge is 2.67. The number of ketones is 1. The molecule has 4 aliphatic carbocycles. The van der Waals surface area contributed by atoms with E-state index < -0.39 is 0 Å². The highest BCUT2D eigenvalue weighted by atomic mass is 32.2. The zero-order valence-corrected chi connectivity index (χ0v) is 15.8. The average molecular weight is 389 g/mol. The number of fused-ring (bicyclic) bond motifs is 3. The summed E-state index contributed by atoms with van der Waals surface area (Å²) in [6.07, 6.45) is 8.85. The number of carbonyl (C=O) groups is 1. The van der Waals surface area contributed by atoms with Crippen LogP contribution in [0.1, 0.15) is 40.5 Å². The van der Waals surface area contributed by atoms with Crippen LogP contribution in [0.2, 0.25) is 0 Å². The first-order valence-electron chi connectivity index (χ1n) is 9.00. The van der Waals surface area contributed by atoms with Crippen molar-refractivity contribution in [1.82, 2.24) is 0 Å². The Morgan fingerprint density at radius 1 is 1.00 bits per heavy atom. The third-order valence-corrected chi connectivity index (χ3v) is 8.02. The van der Waals surface area contributed by atoms with E-state index >= 15 is 0 Å². The maximum absolute atomic E-state index is 11.1. The summed E-state index contributed by atoms with van der Waals surface area (Å²) in [5, 5.41) is 0. The highest BCUT2D eigenvalue weighted by Crippen LogP contribution is 2.65. The minimum atomic E-state index is -0.120. The van der Waals surface area contributed by atoms with Gasteiger partial charge in [-0.1, -0.05) is 14.9 Å². The Labute approximate surface area is 162 Å². The van der Waals surface area contributed by atoms with Gasteiger partial charge in [-0.05, 0) is 60.5 Å². The molecule has 25 heavy (non-hydrogen) atoms. The first-order chi connectivity index (χ1) is 11.2. The van der Waals surface area contributed by atoms with Gasteiger partial charge >= 0.3 is 0 Å². The van der Waals surface area contributed by atoms with Gasteiger partial charge in [0.15, 0.2) is 5.79 Å². The van der Waals surface area contributed by atoms with E-state index in [2.05, 4.69) is 12.5 Å². The van der Waals surface area contributed by atoms with Crippen molar-refractivity contribution in [2.24, 2.45) is 35.5 Å². The van der Waals surface area contributed by atoms with E-state index in [0.29, 0.717) is 11.7 Å². The largest absolute Gasteiger partial charge is 0.347 e. The maximum atomic E-state index is 11.1. The predicted molar refractivity (Wildman–Crippen MR) is 109 cm³/mol. The molecule has 0 aromatic rings. The third kappa shape index (κ3) is 3.81. The molecule has 1 aliphatic heterocycles. The molecule has 0 unspecified atom stereocenters. The first-order valence-corrected chi connectivity index (χ1v) is 11.8. The van der Waals surface area contributed by atoms with Crippen LogP contribution in [0.3, 0.4) is 0 Å². The van der Waals surface area contributed by atoms with Gasteiger partial charge in [-0.3, -0.25) is 4.79 Å². The lowest BCUT2D eigenvalue weighted by atomic mass is 10.1. The van der Waals surface area contributed by atoms with Gasteiger partial charge < -0.3 is 9.47 Å². The fourth-order valence-corrected chi connectivity index (χ4v) is 7.14. The highest BCUT2D eigenvalue weighted by molar-refractivity contribution is 7.98. The lowest BCUT2D eigenvalue weighted by Crippen LogP contribution is -2.31. The van der Waals surface area contributed by atoms with Crippen molar-refractivity contribution in [3.63, 3.8) is 0 Å². The van der Waals surface area contributed by atoms with Crippen molar-refractivity contribution < 1.29 is 14.3 Å². The van der Waals surface area contributed by atoms with Crippen molar-refractivity contribution in [3.05, 3.63) is 0 Å². The van der Waals surface area contributed by atoms with Gasteiger partial charge in [0.25, 0.3) is 0 Å². The molecule has 0 N–H and O–H groups in total. The van der Waals surface area contributed by atoms with Crippen LogP contribution < -0.4 is 0 Å². The zero-order chi connectivity index (χ0) is 16.0. The Hall–Kier alpha value is 0.290. The van der Waals surface area contributed by atoms with Gasteiger partial charge in [0.2, 0.25) is 0 Å². The fourth-order valence-electron chi connectivity index (χ4n) is 5.46. The monoisotopic (exact) mass is 388 g/mol. The summed E-state index contributed by atoms with van der Waals surface area (Å²) in [4.78, 5) is 11.1. The van der Waals surface area contributed by atoms with Crippen molar-refractivity contribution in [1.29, 1.82) is 0 Å². The third-order valence-electron chi connectivity index (χ3n) is 6.59. The van der Waals surface area contributed by atoms with E-state index in [1.165, 1.54) is 24.3 Å². The normalized spacial score (nSPS) is 41.1. The van der Waals surface area contributed by atoms with Crippen LogP contribution in [0.5, 0.6) is 0 Å². The molecule has 1 spiro atoms.